The van der Waals surface area contributed by atoms with E-state index in [4.69, 9.17) is 24.6 Å². The smallest absolute Gasteiger partial charge is 0.308 e. The number of carbonyl (C=O) groups excluding carboxylic acids is 2. The van der Waals surface area contributed by atoms with Crippen molar-refractivity contribution in [3.63, 3.8) is 0 Å². The zero-order chi connectivity index (χ0) is 28.9. The monoisotopic (exact) mass is 559 g/mol. The second-order valence-corrected chi connectivity index (χ2v) is 10.4. The molecule has 0 spiro atoms. The molecule has 0 fully saturated rings. The molecule has 0 aromatic rings. The van der Waals surface area contributed by atoms with Crippen LogP contribution in [0.15, 0.2) is 23.8 Å². The van der Waals surface area contributed by atoms with Crippen LogP contribution in [0.25, 0.3) is 0 Å². The lowest BCUT2D eigenvalue weighted by atomic mass is 9.66. The molecule has 0 saturated carbocycles. The summed E-state index contributed by atoms with van der Waals surface area (Å²) < 4.78 is 16.0. The van der Waals surface area contributed by atoms with E-state index in [0.717, 1.165) is 5.57 Å². The number of hydrogen-bond donors (Lipinski definition) is 5. The van der Waals surface area contributed by atoms with Crippen LogP contribution in [0.1, 0.15) is 59.3 Å². The maximum atomic E-state index is 12.6. The minimum Gasteiger partial charge on any atom is -0.463 e. The summed E-state index contributed by atoms with van der Waals surface area (Å²) in [6, 6.07) is 0. The number of esters is 2. The third-order valence-electron chi connectivity index (χ3n) is 7.36. The minimum absolute atomic E-state index is 0.0111. The number of nitrogens with zero attached hydrogens (tertiary/aromatic N) is 1. The van der Waals surface area contributed by atoms with Gasteiger partial charge in [-0.1, -0.05) is 39.0 Å². The molecule has 0 bridgehead atoms. The van der Waals surface area contributed by atoms with Crippen LogP contribution < -0.4 is 0 Å². The number of allylic oxidation sites excluding steroid dienone is 2. The van der Waals surface area contributed by atoms with Gasteiger partial charge in [-0.05, 0) is 43.1 Å². The molecule has 0 aliphatic heterocycles. The molecule has 0 amide bonds. The van der Waals surface area contributed by atoms with Crippen LogP contribution in [0, 0.1) is 23.7 Å². The standard InChI is InChI=1S/C27H45NO11/c1-4-17(2)27(33)39-24-15-21(30)13-19-6-5-18(3)23(26(19)24)8-7-20(29)14-22(31)16-25(32)37-11-9-36-10-12-38-28(34)35/h5-6,13,17-18,20-24,26,29-31,34-35H,4,7-12,14-16H2,1-3H3/t17-,18-,20?,21+,22-,23-,24-,26-/m0/s1. The van der Waals surface area contributed by atoms with Gasteiger partial charge in [-0.2, -0.15) is 0 Å². The Bertz CT molecular complexity index is 818. The number of aliphatic hydroxyl groups is 3. The van der Waals surface area contributed by atoms with Crippen molar-refractivity contribution in [3.8, 4) is 0 Å². The molecule has 0 aromatic heterocycles. The Morgan fingerprint density at radius 1 is 1.13 bits per heavy atom. The van der Waals surface area contributed by atoms with Crippen LogP contribution in [-0.4, -0.2) is 93.9 Å². The van der Waals surface area contributed by atoms with E-state index < -0.39 is 35.8 Å². The van der Waals surface area contributed by atoms with Crippen LogP contribution in [-0.2, 0) is 28.6 Å². The Morgan fingerprint density at radius 3 is 2.54 bits per heavy atom. The molecular formula is C27H45NO11. The highest BCUT2D eigenvalue weighted by atomic mass is 17.1. The average molecular weight is 560 g/mol. The number of ether oxygens (including phenoxy) is 3. The van der Waals surface area contributed by atoms with Crippen LogP contribution in [0.3, 0.4) is 0 Å². The van der Waals surface area contributed by atoms with E-state index in [-0.39, 0.29) is 68.9 Å². The lowest BCUT2D eigenvalue weighted by Gasteiger charge is -2.43. The highest BCUT2D eigenvalue weighted by molar-refractivity contribution is 5.72. The lowest BCUT2D eigenvalue weighted by molar-refractivity contribution is -0.493. The summed E-state index contributed by atoms with van der Waals surface area (Å²) in [6.45, 7) is 5.82. The minimum atomic E-state index is -1.07. The van der Waals surface area contributed by atoms with Gasteiger partial charge in [0.1, 0.15) is 12.7 Å². The molecule has 2 rings (SSSR count). The summed E-state index contributed by atoms with van der Waals surface area (Å²) in [6.07, 6.45) is 4.57. The largest absolute Gasteiger partial charge is 0.463 e. The van der Waals surface area contributed by atoms with E-state index >= 15 is 0 Å². The molecule has 12 heteroatoms. The molecule has 0 heterocycles. The molecular weight excluding hydrogens is 514 g/mol. The lowest BCUT2D eigenvalue weighted by Crippen LogP contribution is -2.43. The summed E-state index contributed by atoms with van der Waals surface area (Å²) in [4.78, 5) is 28.8. The summed E-state index contributed by atoms with van der Waals surface area (Å²) in [5.41, 5.74) is 0.941. The van der Waals surface area contributed by atoms with Crippen molar-refractivity contribution in [2.45, 2.75) is 83.7 Å². The van der Waals surface area contributed by atoms with Gasteiger partial charge in [-0.15, -0.1) is 0 Å². The molecule has 1 unspecified atom stereocenters. The Labute approximate surface area is 229 Å². The van der Waals surface area contributed by atoms with Gasteiger partial charge in [-0.3, -0.25) is 20.0 Å². The zero-order valence-electron chi connectivity index (χ0n) is 23.1. The molecule has 2 aliphatic rings. The molecule has 0 radical (unpaired) electrons. The fourth-order valence-electron chi connectivity index (χ4n) is 5.06. The SMILES string of the molecule is CC[C@H](C)C(=O)O[C@H]1C[C@H](O)C=C2C=C[C@H](C)[C@H](CCC(O)C[C@H](O)CC(=O)OCCOCCON(O)O)[C@H]21. The van der Waals surface area contributed by atoms with E-state index in [1.807, 2.05) is 26.0 Å². The van der Waals surface area contributed by atoms with Crippen LogP contribution in [0.5, 0.6) is 0 Å². The fourth-order valence-corrected chi connectivity index (χ4v) is 5.06. The van der Waals surface area contributed by atoms with Crippen molar-refractivity contribution < 1.29 is 54.4 Å². The number of fused-ring (bicyclic) bond motifs is 1. The van der Waals surface area contributed by atoms with Crippen molar-refractivity contribution in [2.24, 2.45) is 23.7 Å². The van der Waals surface area contributed by atoms with Gasteiger partial charge in [0.05, 0.1) is 55.9 Å². The van der Waals surface area contributed by atoms with E-state index in [9.17, 15) is 24.9 Å². The van der Waals surface area contributed by atoms with Gasteiger partial charge in [0, 0.05) is 12.3 Å². The van der Waals surface area contributed by atoms with Gasteiger partial charge < -0.3 is 29.5 Å². The van der Waals surface area contributed by atoms with E-state index in [0.29, 0.717) is 25.7 Å². The third kappa shape index (κ3) is 11.6. The van der Waals surface area contributed by atoms with Gasteiger partial charge in [0.25, 0.3) is 0 Å². The van der Waals surface area contributed by atoms with Crippen molar-refractivity contribution in [1.82, 2.24) is 5.39 Å². The summed E-state index contributed by atoms with van der Waals surface area (Å²) in [7, 11) is 0. The van der Waals surface area contributed by atoms with Crippen molar-refractivity contribution in [2.75, 3.05) is 26.4 Å². The Hall–Kier alpha value is -1.90. The number of rotatable bonds is 17. The van der Waals surface area contributed by atoms with Crippen LogP contribution in [0.4, 0.5) is 0 Å². The number of aliphatic hydroxyl groups excluding tert-OH is 3. The first-order valence-electron chi connectivity index (χ1n) is 13.7. The second-order valence-electron chi connectivity index (χ2n) is 10.4. The average Bonchev–Trinajstić information content (AvgIpc) is 2.86. The number of hydrogen-bond acceptors (Lipinski definition) is 12. The number of carbonyl (C=O) groups is 2. The Balaban J connectivity index is 1.81. The molecule has 0 saturated heterocycles. The van der Waals surface area contributed by atoms with E-state index in [1.54, 1.807) is 0 Å². The first-order chi connectivity index (χ1) is 18.5. The molecule has 5 N–H and O–H groups in total. The van der Waals surface area contributed by atoms with Crippen molar-refractivity contribution >= 4 is 11.9 Å². The van der Waals surface area contributed by atoms with Crippen molar-refractivity contribution in [1.29, 1.82) is 0 Å². The summed E-state index contributed by atoms with van der Waals surface area (Å²) in [5.74, 6) is -0.976. The fraction of sp³-hybridized carbons (Fsp3) is 0.778. The molecule has 39 heavy (non-hydrogen) atoms. The predicted molar refractivity (Wildman–Crippen MR) is 137 cm³/mol. The van der Waals surface area contributed by atoms with E-state index in [1.165, 1.54) is 0 Å². The summed E-state index contributed by atoms with van der Waals surface area (Å²) >= 11 is 0. The summed E-state index contributed by atoms with van der Waals surface area (Å²) in [5, 5.41) is 47.5. The topological polar surface area (TPSA) is 175 Å². The Morgan fingerprint density at radius 2 is 1.85 bits per heavy atom. The van der Waals surface area contributed by atoms with Crippen LogP contribution >= 0.6 is 0 Å². The maximum Gasteiger partial charge on any atom is 0.308 e. The normalized spacial score (nSPS) is 26.9. The van der Waals surface area contributed by atoms with E-state index in [2.05, 4.69) is 17.8 Å². The maximum absolute atomic E-state index is 12.6. The van der Waals surface area contributed by atoms with Crippen molar-refractivity contribution in [3.05, 3.63) is 23.8 Å². The van der Waals surface area contributed by atoms with Gasteiger partial charge in [-0.25, -0.2) is 4.84 Å². The first kappa shape index (κ1) is 33.3. The predicted octanol–water partition coefficient (Wildman–Crippen LogP) is 1.93. The quantitative estimate of drug-likeness (QED) is 0.0996. The van der Waals surface area contributed by atoms with Crippen LogP contribution in [0.2, 0.25) is 0 Å². The molecule has 8 atom stereocenters. The molecule has 12 nitrogen and oxygen atoms in total. The van der Waals surface area contributed by atoms with Gasteiger partial charge >= 0.3 is 11.9 Å². The molecule has 0 aromatic carbocycles. The second kappa shape index (κ2) is 17.0. The van der Waals surface area contributed by atoms with Gasteiger partial charge in [0.15, 0.2) is 0 Å². The highest BCUT2D eigenvalue weighted by Gasteiger charge is 2.42. The zero-order valence-corrected chi connectivity index (χ0v) is 23.1. The Kier molecular flexibility index (Phi) is 14.5. The highest BCUT2D eigenvalue weighted by Crippen LogP contribution is 2.44. The third-order valence-corrected chi connectivity index (χ3v) is 7.36. The molecule has 2 aliphatic carbocycles. The molecule has 224 valence electrons. The van der Waals surface area contributed by atoms with Gasteiger partial charge in [0.2, 0.25) is 0 Å². The first-order valence-corrected chi connectivity index (χ1v) is 13.7.